The van der Waals surface area contributed by atoms with Crippen molar-refractivity contribution in [2.75, 3.05) is 0 Å². The number of fused-ring (bicyclic) bond motifs is 4. The number of rotatable bonds is 0. The van der Waals surface area contributed by atoms with Crippen molar-refractivity contribution in [1.82, 2.24) is 0 Å². The molecule has 3 saturated carbocycles. The molecule has 3 fully saturated rings. The first-order valence-electron chi connectivity index (χ1n) is 8.85. The van der Waals surface area contributed by atoms with Gasteiger partial charge in [-0.25, -0.2) is 0 Å². The van der Waals surface area contributed by atoms with E-state index in [0.717, 1.165) is 32.1 Å². The van der Waals surface area contributed by atoms with Crippen LogP contribution in [0, 0.1) is 22.7 Å². The van der Waals surface area contributed by atoms with E-state index < -0.39 is 0 Å². The van der Waals surface area contributed by atoms with E-state index in [1.54, 1.807) is 11.1 Å². The Kier molecular flexibility index (Phi) is 2.96. The number of ketones is 1. The molecule has 4 aliphatic carbocycles. The Labute approximate surface area is 128 Å². The van der Waals surface area contributed by atoms with Crippen molar-refractivity contribution in [2.24, 2.45) is 22.7 Å². The highest BCUT2D eigenvalue weighted by atomic mass is 16.3. The average Bonchev–Trinajstić information content (AvgIpc) is 2.73. The molecule has 0 saturated heterocycles. The summed E-state index contributed by atoms with van der Waals surface area (Å²) in [6, 6.07) is 0. The molecule has 4 rings (SSSR count). The Morgan fingerprint density at radius 3 is 2.67 bits per heavy atom. The van der Waals surface area contributed by atoms with Crippen LogP contribution < -0.4 is 0 Å². The molecule has 116 valence electrons. The lowest BCUT2D eigenvalue weighted by molar-refractivity contribution is -0.125. The summed E-state index contributed by atoms with van der Waals surface area (Å²) in [4.78, 5) is 11.8. The van der Waals surface area contributed by atoms with Crippen LogP contribution in [0.3, 0.4) is 0 Å². The minimum atomic E-state index is -0.120. The summed E-state index contributed by atoms with van der Waals surface area (Å²) in [5.74, 6) is 1.85. The number of hydrogen-bond acceptors (Lipinski definition) is 2. The third-order valence-corrected chi connectivity index (χ3v) is 7.48. The number of allylic oxidation sites excluding steroid dienone is 1. The molecular weight excluding hydrogens is 260 g/mol. The van der Waals surface area contributed by atoms with Gasteiger partial charge in [0.2, 0.25) is 0 Å². The summed E-state index contributed by atoms with van der Waals surface area (Å²) in [5, 5.41) is 10.2. The minimum Gasteiger partial charge on any atom is -0.393 e. The normalized spacial score (nSPS) is 49.7. The lowest BCUT2D eigenvalue weighted by Gasteiger charge is -2.55. The summed E-state index contributed by atoms with van der Waals surface area (Å²) < 4.78 is 0. The van der Waals surface area contributed by atoms with Gasteiger partial charge in [0.25, 0.3) is 0 Å². The van der Waals surface area contributed by atoms with Crippen LogP contribution in [0.25, 0.3) is 0 Å². The molecule has 5 atom stereocenters. The molecule has 0 aliphatic heterocycles. The Morgan fingerprint density at radius 1 is 1.05 bits per heavy atom. The number of Topliss-reactive ketones (excluding diaryl/α,β-unsaturated/α-hetero) is 1. The molecule has 1 N–H and O–H groups in total. The number of hydrogen-bond donors (Lipinski definition) is 1. The van der Waals surface area contributed by atoms with Crippen molar-refractivity contribution in [3.63, 3.8) is 0 Å². The van der Waals surface area contributed by atoms with Gasteiger partial charge >= 0.3 is 0 Å². The van der Waals surface area contributed by atoms with Crippen molar-refractivity contribution in [3.8, 4) is 0 Å². The van der Waals surface area contributed by atoms with Gasteiger partial charge in [-0.2, -0.15) is 0 Å². The van der Waals surface area contributed by atoms with Gasteiger partial charge in [0.05, 0.1) is 6.10 Å². The number of carbonyl (C=O) groups excluding carboxylic acids is 1. The second kappa shape index (κ2) is 4.44. The van der Waals surface area contributed by atoms with Crippen molar-refractivity contribution < 1.29 is 9.90 Å². The maximum absolute atomic E-state index is 11.8. The van der Waals surface area contributed by atoms with E-state index in [1.807, 2.05) is 0 Å². The fourth-order valence-corrected chi connectivity index (χ4v) is 6.38. The van der Waals surface area contributed by atoms with Gasteiger partial charge in [0, 0.05) is 12.8 Å². The molecule has 0 aromatic rings. The second-order valence-electron chi connectivity index (χ2n) is 8.68. The molecule has 0 heterocycles. The highest BCUT2D eigenvalue weighted by Gasteiger charge is 2.54. The van der Waals surface area contributed by atoms with Gasteiger partial charge in [-0.3, -0.25) is 4.79 Å². The first-order chi connectivity index (χ1) is 9.92. The number of carbonyl (C=O) groups is 1. The van der Waals surface area contributed by atoms with Crippen LogP contribution in [-0.2, 0) is 4.79 Å². The molecule has 0 radical (unpaired) electrons. The third kappa shape index (κ3) is 1.91. The molecule has 0 spiro atoms. The van der Waals surface area contributed by atoms with E-state index in [9.17, 15) is 9.90 Å². The summed E-state index contributed by atoms with van der Waals surface area (Å²) in [7, 11) is 0. The fraction of sp³-hybridized carbons (Fsp3) is 0.842. The third-order valence-electron chi connectivity index (χ3n) is 7.48. The van der Waals surface area contributed by atoms with Gasteiger partial charge in [0.15, 0.2) is 0 Å². The Hall–Kier alpha value is -0.630. The van der Waals surface area contributed by atoms with Crippen LogP contribution in [-0.4, -0.2) is 17.0 Å². The summed E-state index contributed by atoms with van der Waals surface area (Å²) >= 11 is 0. The van der Waals surface area contributed by atoms with Gasteiger partial charge in [0.1, 0.15) is 5.78 Å². The maximum Gasteiger partial charge on any atom is 0.133 e. The lowest BCUT2D eigenvalue weighted by atomic mass is 9.49. The zero-order chi connectivity index (χ0) is 14.8. The van der Waals surface area contributed by atoms with E-state index >= 15 is 0 Å². The highest BCUT2D eigenvalue weighted by molar-refractivity contribution is 5.79. The van der Waals surface area contributed by atoms with Crippen molar-refractivity contribution in [1.29, 1.82) is 0 Å². The minimum absolute atomic E-state index is 0.120. The first kappa shape index (κ1) is 14.0. The Morgan fingerprint density at radius 2 is 1.86 bits per heavy atom. The quantitative estimate of drug-likeness (QED) is 0.683. The number of aliphatic hydroxyl groups is 1. The molecule has 0 unspecified atom stereocenters. The average molecular weight is 288 g/mol. The van der Waals surface area contributed by atoms with Gasteiger partial charge in [-0.15, -0.1) is 0 Å². The van der Waals surface area contributed by atoms with Gasteiger partial charge < -0.3 is 5.11 Å². The molecule has 0 amide bonds. The van der Waals surface area contributed by atoms with E-state index in [2.05, 4.69) is 13.8 Å². The second-order valence-corrected chi connectivity index (χ2v) is 8.68. The molecule has 21 heavy (non-hydrogen) atoms. The molecule has 4 aliphatic rings. The van der Waals surface area contributed by atoms with E-state index in [0.29, 0.717) is 23.0 Å². The van der Waals surface area contributed by atoms with Crippen LogP contribution in [0.4, 0.5) is 0 Å². The largest absolute Gasteiger partial charge is 0.393 e. The lowest BCUT2D eigenvalue weighted by Crippen LogP contribution is -2.46. The van der Waals surface area contributed by atoms with Gasteiger partial charge in [-0.1, -0.05) is 25.0 Å². The molecule has 0 aromatic heterocycles. The fourth-order valence-electron chi connectivity index (χ4n) is 6.38. The van der Waals surface area contributed by atoms with Crippen LogP contribution in [0.1, 0.15) is 71.6 Å². The summed E-state index contributed by atoms with van der Waals surface area (Å²) in [6.07, 6.45) is 9.40. The zero-order valence-corrected chi connectivity index (χ0v) is 13.5. The van der Waals surface area contributed by atoms with E-state index in [4.69, 9.17) is 0 Å². The maximum atomic E-state index is 11.8. The first-order valence-corrected chi connectivity index (χ1v) is 8.85. The highest BCUT2D eigenvalue weighted by Crippen LogP contribution is 2.64. The van der Waals surface area contributed by atoms with Crippen LogP contribution in [0.15, 0.2) is 11.1 Å². The molecular formula is C19H28O2. The van der Waals surface area contributed by atoms with E-state index in [-0.39, 0.29) is 11.5 Å². The topological polar surface area (TPSA) is 37.3 Å². The zero-order valence-electron chi connectivity index (χ0n) is 13.5. The van der Waals surface area contributed by atoms with Crippen molar-refractivity contribution in [3.05, 3.63) is 11.1 Å². The number of aliphatic hydroxyl groups excluding tert-OH is 1. The SMILES string of the molecule is C[C@]12CC[C@@]3(C)C(=C1C[C@@H](O)C2)CC[C@H]1CC(=O)CC[C@@H]13. The Bertz CT molecular complexity index is 520. The standard InChI is InChI=1S/C19H28O2/c1-18-7-8-19(2)15-6-4-13(20)9-12(15)3-5-16(19)17(18)10-14(21)11-18/h12,14-15,21H,3-11H2,1-2H3/t12-,14+,15-,18+,19+/m0/s1. The summed E-state index contributed by atoms with van der Waals surface area (Å²) in [5.41, 5.74) is 3.90. The van der Waals surface area contributed by atoms with Crippen molar-refractivity contribution in [2.45, 2.75) is 77.7 Å². The van der Waals surface area contributed by atoms with Crippen LogP contribution in [0.2, 0.25) is 0 Å². The monoisotopic (exact) mass is 288 g/mol. The Balaban J connectivity index is 1.75. The summed E-state index contributed by atoms with van der Waals surface area (Å²) in [6.45, 7) is 4.86. The van der Waals surface area contributed by atoms with Crippen molar-refractivity contribution >= 4 is 5.78 Å². The van der Waals surface area contributed by atoms with Crippen LogP contribution in [0.5, 0.6) is 0 Å². The van der Waals surface area contributed by atoms with Gasteiger partial charge in [-0.05, 0) is 67.6 Å². The predicted molar refractivity (Wildman–Crippen MR) is 82.8 cm³/mol. The van der Waals surface area contributed by atoms with E-state index in [1.165, 1.54) is 25.7 Å². The molecule has 2 nitrogen and oxygen atoms in total. The molecule has 0 aromatic carbocycles. The predicted octanol–water partition coefficient (Wildman–Crippen LogP) is 4.02. The molecule has 0 bridgehead atoms. The molecule has 2 heteroatoms. The van der Waals surface area contributed by atoms with Crippen LogP contribution >= 0.6 is 0 Å². The smallest absolute Gasteiger partial charge is 0.133 e.